The molecule has 3 heteroatoms. The van der Waals surface area contributed by atoms with E-state index in [0.29, 0.717) is 6.04 Å². The summed E-state index contributed by atoms with van der Waals surface area (Å²) in [6.07, 6.45) is 4.06. The minimum atomic E-state index is 0.700. The van der Waals surface area contributed by atoms with Crippen molar-refractivity contribution in [1.82, 2.24) is 10.2 Å². The number of hydrogen-bond acceptors (Lipinski definition) is 2. The van der Waals surface area contributed by atoms with Crippen molar-refractivity contribution < 1.29 is 0 Å². The van der Waals surface area contributed by atoms with E-state index >= 15 is 0 Å². The van der Waals surface area contributed by atoms with E-state index in [1.54, 1.807) is 0 Å². The number of likely N-dealkylation sites (tertiary alicyclic amines) is 1. The van der Waals surface area contributed by atoms with Crippen molar-refractivity contribution in [2.45, 2.75) is 45.7 Å². The van der Waals surface area contributed by atoms with Crippen molar-refractivity contribution in [3.63, 3.8) is 0 Å². The lowest BCUT2D eigenvalue weighted by molar-refractivity contribution is 0.137. The number of rotatable bonds is 6. The number of halogens is 1. The van der Waals surface area contributed by atoms with Gasteiger partial charge >= 0.3 is 0 Å². The Kier molecular flexibility index (Phi) is 6.53. The molecule has 0 spiro atoms. The summed E-state index contributed by atoms with van der Waals surface area (Å²) in [5.74, 6) is 0.735. The molecule has 0 radical (unpaired) electrons. The van der Waals surface area contributed by atoms with Crippen molar-refractivity contribution in [3.05, 3.63) is 34.3 Å². The lowest BCUT2D eigenvalue weighted by Crippen LogP contribution is -2.45. The van der Waals surface area contributed by atoms with Crippen LogP contribution in [-0.2, 0) is 6.54 Å². The molecule has 0 aliphatic carbocycles. The second-order valence-electron chi connectivity index (χ2n) is 6.30. The summed E-state index contributed by atoms with van der Waals surface area (Å²) >= 11 is 3.51. The maximum Gasteiger partial charge on any atom is 0.0237 e. The van der Waals surface area contributed by atoms with Crippen LogP contribution in [0.5, 0.6) is 0 Å². The molecule has 1 atom stereocenters. The van der Waals surface area contributed by atoms with Gasteiger partial charge in [-0.25, -0.2) is 0 Å². The number of hydrogen-bond donors (Lipinski definition) is 1. The minimum absolute atomic E-state index is 0.700. The standard InChI is InChI=1S/C17H27BrN2/c1-14(2)11-19-12-17-5-3-4-10-20(17)13-15-6-8-16(18)9-7-15/h6-9,14,17,19H,3-5,10-13H2,1-2H3. The van der Waals surface area contributed by atoms with Gasteiger partial charge in [0.2, 0.25) is 0 Å². The normalized spacial score (nSPS) is 20.5. The zero-order valence-electron chi connectivity index (χ0n) is 12.7. The molecule has 1 saturated heterocycles. The third-order valence-corrected chi connectivity index (χ3v) is 4.51. The molecule has 112 valence electrons. The summed E-state index contributed by atoms with van der Waals surface area (Å²) in [6.45, 7) is 9.13. The van der Waals surface area contributed by atoms with Crippen LogP contribution in [0, 0.1) is 5.92 Å². The van der Waals surface area contributed by atoms with Crippen molar-refractivity contribution in [1.29, 1.82) is 0 Å². The lowest BCUT2D eigenvalue weighted by atomic mass is 10.0. The van der Waals surface area contributed by atoms with E-state index in [0.717, 1.165) is 30.0 Å². The Balaban J connectivity index is 1.87. The fraction of sp³-hybridized carbons (Fsp3) is 0.647. The van der Waals surface area contributed by atoms with Crippen molar-refractivity contribution in [2.24, 2.45) is 5.92 Å². The maximum absolute atomic E-state index is 3.63. The second kappa shape index (κ2) is 8.16. The summed E-state index contributed by atoms with van der Waals surface area (Å²) < 4.78 is 1.16. The molecule has 0 bridgehead atoms. The molecule has 0 saturated carbocycles. The van der Waals surface area contributed by atoms with Gasteiger partial charge in [-0.05, 0) is 49.5 Å². The predicted molar refractivity (Wildman–Crippen MR) is 89.9 cm³/mol. The van der Waals surface area contributed by atoms with Gasteiger partial charge in [-0.2, -0.15) is 0 Å². The molecule has 2 rings (SSSR count). The summed E-state index contributed by atoms with van der Waals surface area (Å²) in [6, 6.07) is 9.46. The molecule has 1 N–H and O–H groups in total. The van der Waals surface area contributed by atoms with E-state index in [4.69, 9.17) is 0 Å². The minimum Gasteiger partial charge on any atom is -0.315 e. The van der Waals surface area contributed by atoms with Gasteiger partial charge in [0.05, 0.1) is 0 Å². The average Bonchev–Trinajstić information content (AvgIpc) is 2.43. The molecule has 1 aliphatic rings. The molecule has 0 amide bonds. The number of piperidine rings is 1. The van der Waals surface area contributed by atoms with Gasteiger partial charge < -0.3 is 5.32 Å². The first-order valence-electron chi connectivity index (χ1n) is 7.84. The highest BCUT2D eigenvalue weighted by molar-refractivity contribution is 9.10. The van der Waals surface area contributed by atoms with Crippen molar-refractivity contribution in [2.75, 3.05) is 19.6 Å². The number of benzene rings is 1. The van der Waals surface area contributed by atoms with Crippen LogP contribution in [0.25, 0.3) is 0 Å². The van der Waals surface area contributed by atoms with Crippen LogP contribution in [0.4, 0.5) is 0 Å². The Hall–Kier alpha value is -0.380. The quantitative estimate of drug-likeness (QED) is 0.841. The second-order valence-corrected chi connectivity index (χ2v) is 7.21. The van der Waals surface area contributed by atoms with E-state index in [2.05, 4.69) is 64.3 Å². The third-order valence-electron chi connectivity index (χ3n) is 3.98. The first kappa shape index (κ1) is 16.0. The van der Waals surface area contributed by atoms with Crippen LogP contribution < -0.4 is 5.32 Å². The van der Waals surface area contributed by atoms with Gasteiger partial charge in [0.15, 0.2) is 0 Å². The molecule has 1 fully saturated rings. The first-order valence-corrected chi connectivity index (χ1v) is 8.63. The van der Waals surface area contributed by atoms with Crippen LogP contribution in [0.1, 0.15) is 38.7 Å². The van der Waals surface area contributed by atoms with E-state index in [9.17, 15) is 0 Å². The summed E-state index contributed by atoms with van der Waals surface area (Å²) in [5, 5.41) is 3.63. The molecule has 1 heterocycles. The highest BCUT2D eigenvalue weighted by Crippen LogP contribution is 2.20. The van der Waals surface area contributed by atoms with Crippen molar-refractivity contribution >= 4 is 15.9 Å². The van der Waals surface area contributed by atoms with E-state index in [-0.39, 0.29) is 0 Å². The smallest absolute Gasteiger partial charge is 0.0237 e. The molecule has 2 nitrogen and oxygen atoms in total. The fourth-order valence-electron chi connectivity index (χ4n) is 2.86. The Bertz CT molecular complexity index is 388. The number of nitrogens with one attached hydrogen (secondary N) is 1. The molecule has 1 aromatic carbocycles. The van der Waals surface area contributed by atoms with Gasteiger partial charge in [0.1, 0.15) is 0 Å². The van der Waals surface area contributed by atoms with E-state index in [1.807, 2.05) is 0 Å². The fourth-order valence-corrected chi connectivity index (χ4v) is 3.13. The Morgan fingerprint density at radius 3 is 2.70 bits per heavy atom. The first-order chi connectivity index (χ1) is 9.65. The highest BCUT2D eigenvalue weighted by Gasteiger charge is 2.21. The summed E-state index contributed by atoms with van der Waals surface area (Å²) in [4.78, 5) is 2.65. The lowest BCUT2D eigenvalue weighted by Gasteiger charge is -2.36. The third kappa shape index (κ3) is 5.19. The largest absolute Gasteiger partial charge is 0.315 e. The van der Waals surface area contributed by atoms with Gasteiger partial charge in [-0.3, -0.25) is 4.90 Å². The van der Waals surface area contributed by atoms with Gasteiger partial charge in [-0.1, -0.05) is 48.3 Å². The van der Waals surface area contributed by atoms with E-state index in [1.165, 1.54) is 31.4 Å². The van der Waals surface area contributed by atoms with Crippen LogP contribution in [0.2, 0.25) is 0 Å². The van der Waals surface area contributed by atoms with Gasteiger partial charge in [-0.15, -0.1) is 0 Å². The Labute approximate surface area is 132 Å². The Morgan fingerprint density at radius 1 is 1.25 bits per heavy atom. The topological polar surface area (TPSA) is 15.3 Å². The molecular weight excluding hydrogens is 312 g/mol. The van der Waals surface area contributed by atoms with Crippen LogP contribution in [0.15, 0.2) is 28.7 Å². The van der Waals surface area contributed by atoms with Crippen LogP contribution >= 0.6 is 15.9 Å². The summed E-state index contributed by atoms with van der Waals surface area (Å²) in [7, 11) is 0. The van der Waals surface area contributed by atoms with Gasteiger partial charge in [0.25, 0.3) is 0 Å². The zero-order chi connectivity index (χ0) is 14.4. The summed E-state index contributed by atoms with van der Waals surface area (Å²) in [5.41, 5.74) is 1.42. The monoisotopic (exact) mass is 338 g/mol. The molecule has 1 unspecified atom stereocenters. The SMILES string of the molecule is CC(C)CNCC1CCCCN1Cc1ccc(Br)cc1. The molecular formula is C17H27BrN2. The maximum atomic E-state index is 3.63. The molecule has 0 aromatic heterocycles. The van der Waals surface area contributed by atoms with Crippen LogP contribution in [-0.4, -0.2) is 30.6 Å². The zero-order valence-corrected chi connectivity index (χ0v) is 14.3. The Morgan fingerprint density at radius 2 is 2.00 bits per heavy atom. The molecule has 20 heavy (non-hydrogen) atoms. The van der Waals surface area contributed by atoms with Crippen LogP contribution in [0.3, 0.4) is 0 Å². The van der Waals surface area contributed by atoms with Gasteiger partial charge in [0, 0.05) is 23.6 Å². The highest BCUT2D eigenvalue weighted by atomic mass is 79.9. The average molecular weight is 339 g/mol. The van der Waals surface area contributed by atoms with Crippen molar-refractivity contribution in [3.8, 4) is 0 Å². The molecule has 1 aliphatic heterocycles. The number of nitrogens with zero attached hydrogens (tertiary/aromatic N) is 1. The molecule has 1 aromatic rings. The predicted octanol–water partition coefficient (Wildman–Crippen LogP) is 4.05. The van der Waals surface area contributed by atoms with E-state index < -0.39 is 0 Å².